The lowest BCUT2D eigenvalue weighted by Crippen LogP contribution is -2.17. The van der Waals surface area contributed by atoms with E-state index in [-0.39, 0.29) is 0 Å². The molecule has 0 fully saturated rings. The Hall–Kier alpha value is -1.39. The Balaban J connectivity index is 1.91. The number of ether oxygens (including phenoxy) is 1. The second-order valence-electron chi connectivity index (χ2n) is 4.49. The number of nitrogens with one attached hydrogen (secondary N) is 1. The van der Waals surface area contributed by atoms with Gasteiger partial charge in [0.15, 0.2) is 0 Å². The highest BCUT2D eigenvalue weighted by Crippen LogP contribution is 2.19. The van der Waals surface area contributed by atoms with Crippen molar-refractivity contribution < 1.29 is 4.74 Å². The first-order chi connectivity index (χ1) is 9.19. The molecule has 0 aliphatic carbocycles. The van der Waals surface area contributed by atoms with Crippen LogP contribution in [0, 0.1) is 6.92 Å². The van der Waals surface area contributed by atoms with Gasteiger partial charge in [0.2, 0.25) is 0 Å². The average molecular weight is 276 g/mol. The van der Waals surface area contributed by atoms with Gasteiger partial charge in [0.25, 0.3) is 0 Å². The van der Waals surface area contributed by atoms with Gasteiger partial charge in [-0.1, -0.05) is 19.1 Å². The van der Waals surface area contributed by atoms with Gasteiger partial charge in [-0.05, 0) is 38.1 Å². The van der Waals surface area contributed by atoms with Crippen LogP contribution in [0.4, 0.5) is 0 Å². The standard InChI is InChI=1S/C15H20N2OS/c1-4-16-11(2)13-5-7-15(8-6-13)18-9-14-10-19-12(3)17-14/h5-8,10-11,16H,4,9H2,1-3H3. The van der Waals surface area contributed by atoms with Crippen LogP contribution in [0.25, 0.3) is 0 Å². The van der Waals surface area contributed by atoms with Gasteiger partial charge in [0.1, 0.15) is 12.4 Å². The van der Waals surface area contributed by atoms with Crippen molar-refractivity contribution in [1.82, 2.24) is 10.3 Å². The Labute approximate surface area is 118 Å². The number of hydrogen-bond donors (Lipinski definition) is 1. The fraction of sp³-hybridized carbons (Fsp3) is 0.400. The highest BCUT2D eigenvalue weighted by Gasteiger charge is 2.04. The van der Waals surface area contributed by atoms with E-state index in [1.54, 1.807) is 11.3 Å². The quantitative estimate of drug-likeness (QED) is 0.873. The van der Waals surface area contributed by atoms with Gasteiger partial charge in [0.05, 0.1) is 10.7 Å². The molecule has 0 bridgehead atoms. The zero-order valence-electron chi connectivity index (χ0n) is 11.6. The Morgan fingerprint density at radius 2 is 2.05 bits per heavy atom. The lowest BCUT2D eigenvalue weighted by Gasteiger charge is -2.13. The van der Waals surface area contributed by atoms with Gasteiger partial charge >= 0.3 is 0 Å². The fourth-order valence-electron chi connectivity index (χ4n) is 1.91. The van der Waals surface area contributed by atoms with Crippen LogP contribution in [-0.2, 0) is 6.61 Å². The molecule has 0 radical (unpaired) electrons. The lowest BCUT2D eigenvalue weighted by atomic mass is 10.1. The summed E-state index contributed by atoms with van der Waals surface area (Å²) < 4.78 is 5.72. The molecule has 0 amide bonds. The molecule has 0 saturated carbocycles. The minimum Gasteiger partial charge on any atom is -0.487 e. The molecule has 19 heavy (non-hydrogen) atoms. The van der Waals surface area contributed by atoms with Gasteiger partial charge in [-0.2, -0.15) is 0 Å². The molecule has 102 valence electrons. The Kier molecular flexibility index (Phi) is 4.93. The molecule has 1 N–H and O–H groups in total. The number of aryl methyl sites for hydroxylation is 1. The predicted octanol–water partition coefficient (Wildman–Crippen LogP) is 3.70. The van der Waals surface area contributed by atoms with Gasteiger partial charge in [-0.25, -0.2) is 4.98 Å². The fourth-order valence-corrected chi connectivity index (χ4v) is 2.51. The largest absolute Gasteiger partial charge is 0.487 e. The molecule has 1 unspecified atom stereocenters. The SMILES string of the molecule is CCNC(C)c1ccc(OCc2csc(C)n2)cc1. The Bertz CT molecular complexity index is 507. The van der Waals surface area contributed by atoms with Crippen molar-refractivity contribution in [3.05, 3.63) is 45.9 Å². The second kappa shape index (κ2) is 6.68. The monoisotopic (exact) mass is 276 g/mol. The van der Waals surface area contributed by atoms with E-state index in [4.69, 9.17) is 4.74 Å². The van der Waals surface area contributed by atoms with Crippen LogP contribution in [-0.4, -0.2) is 11.5 Å². The summed E-state index contributed by atoms with van der Waals surface area (Å²) in [4.78, 5) is 4.38. The van der Waals surface area contributed by atoms with E-state index in [0.29, 0.717) is 12.6 Å². The molecule has 1 aromatic heterocycles. The molecule has 0 spiro atoms. The maximum Gasteiger partial charge on any atom is 0.131 e. The third-order valence-corrected chi connectivity index (χ3v) is 3.77. The van der Waals surface area contributed by atoms with Crippen LogP contribution in [0.2, 0.25) is 0 Å². The van der Waals surface area contributed by atoms with Crippen LogP contribution >= 0.6 is 11.3 Å². The van der Waals surface area contributed by atoms with E-state index in [0.717, 1.165) is 23.0 Å². The van der Waals surface area contributed by atoms with Gasteiger partial charge in [-0.3, -0.25) is 0 Å². The second-order valence-corrected chi connectivity index (χ2v) is 5.56. The summed E-state index contributed by atoms with van der Waals surface area (Å²) in [6, 6.07) is 8.62. The molecule has 3 nitrogen and oxygen atoms in total. The zero-order chi connectivity index (χ0) is 13.7. The van der Waals surface area contributed by atoms with Crippen molar-refractivity contribution in [2.24, 2.45) is 0 Å². The third-order valence-electron chi connectivity index (χ3n) is 2.94. The first-order valence-corrected chi connectivity index (χ1v) is 7.44. The summed E-state index contributed by atoms with van der Waals surface area (Å²) in [6.45, 7) is 7.79. The highest BCUT2D eigenvalue weighted by molar-refractivity contribution is 7.09. The van der Waals surface area contributed by atoms with E-state index >= 15 is 0 Å². The molecule has 1 heterocycles. The van der Waals surface area contributed by atoms with Crippen LogP contribution in [0.5, 0.6) is 5.75 Å². The van der Waals surface area contributed by atoms with Crippen molar-refractivity contribution in [3.63, 3.8) is 0 Å². The summed E-state index contributed by atoms with van der Waals surface area (Å²) in [5.74, 6) is 0.887. The smallest absolute Gasteiger partial charge is 0.131 e. The third kappa shape index (κ3) is 4.04. The first-order valence-electron chi connectivity index (χ1n) is 6.56. The molecule has 2 aromatic rings. The number of rotatable bonds is 6. The maximum absolute atomic E-state index is 5.72. The molecule has 0 aliphatic heterocycles. The van der Waals surface area contributed by atoms with Crippen LogP contribution < -0.4 is 10.1 Å². The summed E-state index contributed by atoms with van der Waals surface area (Å²) in [6.07, 6.45) is 0. The van der Waals surface area contributed by atoms with E-state index < -0.39 is 0 Å². The molecular weight excluding hydrogens is 256 g/mol. The van der Waals surface area contributed by atoms with Crippen molar-refractivity contribution >= 4 is 11.3 Å². The number of aromatic nitrogens is 1. The highest BCUT2D eigenvalue weighted by atomic mass is 32.1. The number of nitrogens with zero attached hydrogens (tertiary/aromatic N) is 1. The van der Waals surface area contributed by atoms with Gasteiger partial charge in [0, 0.05) is 11.4 Å². The van der Waals surface area contributed by atoms with E-state index in [9.17, 15) is 0 Å². The van der Waals surface area contributed by atoms with E-state index in [1.165, 1.54) is 5.56 Å². The molecule has 1 aromatic carbocycles. The molecule has 4 heteroatoms. The summed E-state index contributed by atoms with van der Waals surface area (Å²) in [7, 11) is 0. The number of hydrogen-bond acceptors (Lipinski definition) is 4. The van der Waals surface area contributed by atoms with Crippen molar-refractivity contribution in [2.45, 2.75) is 33.4 Å². The predicted molar refractivity (Wildman–Crippen MR) is 79.7 cm³/mol. The normalized spacial score (nSPS) is 12.4. The van der Waals surface area contributed by atoms with Crippen molar-refractivity contribution in [1.29, 1.82) is 0 Å². The van der Waals surface area contributed by atoms with Crippen molar-refractivity contribution in [3.8, 4) is 5.75 Å². The van der Waals surface area contributed by atoms with Crippen molar-refractivity contribution in [2.75, 3.05) is 6.54 Å². The van der Waals surface area contributed by atoms with Crippen LogP contribution in [0.15, 0.2) is 29.6 Å². The lowest BCUT2D eigenvalue weighted by molar-refractivity contribution is 0.302. The molecule has 1 atom stereocenters. The number of benzene rings is 1. The maximum atomic E-state index is 5.72. The van der Waals surface area contributed by atoms with E-state index in [1.807, 2.05) is 24.4 Å². The molecular formula is C15H20N2OS. The number of thiazole rings is 1. The Morgan fingerprint density at radius 1 is 1.32 bits per heavy atom. The summed E-state index contributed by atoms with van der Waals surface area (Å²) in [5, 5.41) is 6.51. The average Bonchev–Trinajstić information content (AvgIpc) is 2.83. The minimum atomic E-state index is 0.375. The minimum absolute atomic E-state index is 0.375. The summed E-state index contributed by atoms with van der Waals surface area (Å²) >= 11 is 1.65. The van der Waals surface area contributed by atoms with Crippen LogP contribution in [0.1, 0.15) is 36.2 Å². The summed E-state index contributed by atoms with van der Waals surface area (Å²) in [5.41, 5.74) is 2.27. The first kappa shape index (κ1) is 14.0. The van der Waals surface area contributed by atoms with Gasteiger partial charge in [-0.15, -0.1) is 11.3 Å². The van der Waals surface area contributed by atoms with E-state index in [2.05, 4.69) is 36.3 Å². The molecule has 0 aliphatic rings. The topological polar surface area (TPSA) is 34.1 Å². The van der Waals surface area contributed by atoms with Crippen LogP contribution in [0.3, 0.4) is 0 Å². The molecule has 2 rings (SSSR count). The van der Waals surface area contributed by atoms with Gasteiger partial charge < -0.3 is 10.1 Å². The Morgan fingerprint density at radius 3 is 2.63 bits per heavy atom. The molecule has 0 saturated heterocycles. The zero-order valence-corrected chi connectivity index (χ0v) is 12.5.